The average molecular weight is 310 g/mol. The maximum absolute atomic E-state index is 14.1. The van der Waals surface area contributed by atoms with Crippen molar-refractivity contribution in [3.8, 4) is 0 Å². The second kappa shape index (κ2) is 5.74. The average Bonchev–Trinajstić information content (AvgIpc) is 3.02. The lowest BCUT2D eigenvalue weighted by Crippen LogP contribution is -2.38. The minimum Gasteiger partial charge on any atom is -0.359 e. The number of halogens is 1. The molecule has 0 amide bonds. The Bertz CT molecular complexity index is 829. The second-order valence-electron chi connectivity index (χ2n) is 6.31. The highest BCUT2D eigenvalue weighted by molar-refractivity contribution is 5.73. The van der Waals surface area contributed by atoms with Gasteiger partial charge in [-0.25, -0.2) is 14.4 Å². The van der Waals surface area contributed by atoms with Crippen LogP contribution in [-0.4, -0.2) is 21.0 Å². The van der Waals surface area contributed by atoms with Gasteiger partial charge in [-0.05, 0) is 31.9 Å². The molecule has 1 aliphatic rings. The Morgan fingerprint density at radius 2 is 2.04 bits per heavy atom. The Kier molecular flexibility index (Phi) is 3.58. The number of aromatic amines is 1. The van der Waals surface area contributed by atoms with Crippen LogP contribution < -0.4 is 5.32 Å². The van der Waals surface area contributed by atoms with E-state index in [-0.39, 0.29) is 17.8 Å². The number of nitrogens with one attached hydrogen (secondary N) is 2. The van der Waals surface area contributed by atoms with Gasteiger partial charge in [-0.3, -0.25) is 0 Å². The van der Waals surface area contributed by atoms with Gasteiger partial charge in [-0.15, -0.1) is 0 Å². The summed E-state index contributed by atoms with van der Waals surface area (Å²) in [6.07, 6.45) is 5.47. The minimum absolute atomic E-state index is 0.00419. The normalized spacial score (nSPS) is 24.9. The summed E-state index contributed by atoms with van der Waals surface area (Å²) in [5, 5.41) is 3.50. The summed E-state index contributed by atoms with van der Waals surface area (Å²) >= 11 is 0. The molecule has 0 radical (unpaired) electrons. The van der Waals surface area contributed by atoms with E-state index in [4.69, 9.17) is 0 Å². The van der Waals surface area contributed by atoms with Crippen molar-refractivity contribution in [3.05, 3.63) is 59.9 Å². The molecule has 5 heteroatoms. The fraction of sp³-hybridized carbons (Fsp3) is 0.333. The molecule has 1 saturated heterocycles. The summed E-state index contributed by atoms with van der Waals surface area (Å²) in [5.41, 5.74) is 2.61. The zero-order valence-corrected chi connectivity index (χ0v) is 13.0. The van der Waals surface area contributed by atoms with E-state index >= 15 is 0 Å². The Labute approximate surface area is 134 Å². The lowest BCUT2D eigenvalue weighted by Gasteiger charge is -2.34. The Hall–Kier alpha value is -2.27. The van der Waals surface area contributed by atoms with Gasteiger partial charge in [0.1, 0.15) is 11.6 Å². The van der Waals surface area contributed by atoms with Crippen molar-refractivity contribution in [2.75, 3.05) is 0 Å². The lowest BCUT2D eigenvalue weighted by atomic mass is 9.84. The summed E-state index contributed by atoms with van der Waals surface area (Å²) in [6.45, 7) is 2.13. The highest BCUT2D eigenvalue weighted by Gasteiger charge is 2.30. The van der Waals surface area contributed by atoms with E-state index in [9.17, 15) is 4.39 Å². The maximum atomic E-state index is 14.1. The molecule has 4 rings (SSSR count). The van der Waals surface area contributed by atoms with Gasteiger partial charge in [-0.2, -0.15) is 0 Å². The molecule has 0 bridgehead atoms. The maximum Gasteiger partial charge on any atom is 0.132 e. The monoisotopic (exact) mass is 310 g/mol. The van der Waals surface area contributed by atoms with Gasteiger partial charge in [0.15, 0.2) is 0 Å². The zero-order valence-electron chi connectivity index (χ0n) is 13.0. The molecule has 3 heterocycles. The molecule has 3 atom stereocenters. The van der Waals surface area contributed by atoms with Gasteiger partial charge in [0.2, 0.25) is 0 Å². The first-order valence-corrected chi connectivity index (χ1v) is 8.01. The van der Waals surface area contributed by atoms with Crippen molar-refractivity contribution in [1.82, 2.24) is 20.3 Å². The summed E-state index contributed by atoms with van der Waals surface area (Å²) in [4.78, 5) is 12.3. The zero-order chi connectivity index (χ0) is 15.8. The third-order valence-corrected chi connectivity index (χ3v) is 4.61. The van der Waals surface area contributed by atoms with Crippen LogP contribution in [0.3, 0.4) is 0 Å². The summed E-state index contributed by atoms with van der Waals surface area (Å²) in [6, 6.07) is 9.24. The number of nitrogens with zero attached hydrogens (tertiary/aromatic N) is 2. The highest BCUT2D eigenvalue weighted by atomic mass is 19.1. The Balaban J connectivity index is 1.65. The van der Waals surface area contributed by atoms with Gasteiger partial charge in [0.05, 0.1) is 17.2 Å². The number of hydrogen-bond donors (Lipinski definition) is 2. The molecule has 3 unspecified atom stereocenters. The molecule has 2 aromatic heterocycles. The first kappa shape index (κ1) is 14.3. The predicted octanol–water partition coefficient (Wildman–Crippen LogP) is 3.69. The van der Waals surface area contributed by atoms with Crippen LogP contribution in [0.1, 0.15) is 43.1 Å². The van der Waals surface area contributed by atoms with Crippen LogP contribution in [0.4, 0.5) is 4.39 Å². The topological polar surface area (TPSA) is 53.6 Å². The fourth-order valence-corrected chi connectivity index (χ4v) is 3.53. The molecular formula is C18H19FN4. The number of rotatable bonds is 2. The van der Waals surface area contributed by atoms with Crippen LogP contribution in [-0.2, 0) is 0 Å². The third kappa shape index (κ3) is 2.72. The van der Waals surface area contributed by atoms with Crippen LogP contribution in [0.5, 0.6) is 0 Å². The van der Waals surface area contributed by atoms with Crippen LogP contribution in [0.25, 0.3) is 11.0 Å². The van der Waals surface area contributed by atoms with E-state index < -0.39 is 0 Å². The van der Waals surface area contributed by atoms with E-state index in [1.807, 2.05) is 30.6 Å². The molecule has 23 heavy (non-hydrogen) atoms. The number of fused-ring (bicyclic) bond motifs is 1. The summed E-state index contributed by atoms with van der Waals surface area (Å²) < 4.78 is 14.1. The molecule has 118 valence electrons. The van der Waals surface area contributed by atoms with Gasteiger partial charge in [-0.1, -0.05) is 18.2 Å². The molecule has 4 nitrogen and oxygen atoms in total. The van der Waals surface area contributed by atoms with Gasteiger partial charge in [0, 0.05) is 29.8 Å². The molecule has 0 aliphatic carbocycles. The van der Waals surface area contributed by atoms with Crippen molar-refractivity contribution < 1.29 is 4.39 Å². The fourth-order valence-electron chi connectivity index (χ4n) is 3.53. The standard InChI is InChI=1S/C18H19FN4/c1-11-8-12(18-21-10-17-15(23-18)6-7-20-17)9-16(22-11)13-4-2-3-5-14(13)19/h2-7,10-12,16,20,22H,8-9H2,1H3. The number of H-pyrrole nitrogens is 1. The van der Waals surface area contributed by atoms with Crippen LogP contribution >= 0.6 is 0 Å². The van der Waals surface area contributed by atoms with E-state index in [1.165, 1.54) is 6.07 Å². The minimum atomic E-state index is -0.153. The highest BCUT2D eigenvalue weighted by Crippen LogP contribution is 2.36. The quantitative estimate of drug-likeness (QED) is 0.759. The van der Waals surface area contributed by atoms with Crippen molar-refractivity contribution >= 4 is 11.0 Å². The molecule has 0 saturated carbocycles. The van der Waals surface area contributed by atoms with Gasteiger partial charge >= 0.3 is 0 Å². The molecule has 0 spiro atoms. The first-order chi connectivity index (χ1) is 11.2. The molecular weight excluding hydrogens is 291 g/mol. The van der Waals surface area contributed by atoms with Crippen molar-refractivity contribution in [3.63, 3.8) is 0 Å². The van der Waals surface area contributed by atoms with E-state index in [0.29, 0.717) is 6.04 Å². The SMILES string of the molecule is CC1CC(c2ncc3[nH]ccc3n2)CC(c2ccccc2F)N1. The van der Waals surface area contributed by atoms with E-state index in [1.54, 1.807) is 6.07 Å². The Morgan fingerprint density at radius 1 is 1.17 bits per heavy atom. The first-order valence-electron chi connectivity index (χ1n) is 8.01. The molecule has 2 N–H and O–H groups in total. The smallest absolute Gasteiger partial charge is 0.132 e. The number of hydrogen-bond acceptors (Lipinski definition) is 3. The largest absolute Gasteiger partial charge is 0.359 e. The summed E-state index contributed by atoms with van der Waals surface area (Å²) in [7, 11) is 0. The molecule has 1 aliphatic heterocycles. The van der Waals surface area contributed by atoms with E-state index in [2.05, 4.69) is 27.2 Å². The number of aromatic nitrogens is 3. The molecule has 1 fully saturated rings. The van der Waals surface area contributed by atoms with Crippen LogP contribution in [0, 0.1) is 5.82 Å². The van der Waals surface area contributed by atoms with Crippen LogP contribution in [0.2, 0.25) is 0 Å². The van der Waals surface area contributed by atoms with Crippen molar-refractivity contribution in [2.24, 2.45) is 0 Å². The predicted molar refractivity (Wildman–Crippen MR) is 87.6 cm³/mol. The molecule has 3 aromatic rings. The van der Waals surface area contributed by atoms with Crippen molar-refractivity contribution in [1.29, 1.82) is 0 Å². The Morgan fingerprint density at radius 3 is 2.91 bits per heavy atom. The molecule has 1 aromatic carbocycles. The van der Waals surface area contributed by atoms with E-state index in [0.717, 1.165) is 35.3 Å². The van der Waals surface area contributed by atoms with Crippen LogP contribution in [0.15, 0.2) is 42.7 Å². The number of benzene rings is 1. The summed E-state index contributed by atoms with van der Waals surface area (Å²) in [5.74, 6) is 0.932. The van der Waals surface area contributed by atoms with Crippen molar-refractivity contribution in [2.45, 2.75) is 37.8 Å². The van der Waals surface area contributed by atoms with Gasteiger partial charge in [0.25, 0.3) is 0 Å². The lowest BCUT2D eigenvalue weighted by molar-refractivity contribution is 0.295. The number of piperidine rings is 1. The van der Waals surface area contributed by atoms with Gasteiger partial charge < -0.3 is 10.3 Å². The third-order valence-electron chi connectivity index (χ3n) is 4.61. The second-order valence-corrected chi connectivity index (χ2v) is 6.31.